The van der Waals surface area contributed by atoms with E-state index in [0.29, 0.717) is 38.8 Å². The third-order valence-electron chi connectivity index (χ3n) is 7.10. The fourth-order valence-electron chi connectivity index (χ4n) is 4.81. The molecular weight excluding hydrogens is 580 g/mol. The minimum absolute atomic E-state index is 0.167. The quantitative estimate of drug-likeness (QED) is 0.154. The van der Waals surface area contributed by atoms with E-state index in [1.54, 1.807) is 43.9 Å². The summed E-state index contributed by atoms with van der Waals surface area (Å²) in [6, 6.07) is 6.16. The Hall–Kier alpha value is -3.34. The standard InChI is InChI=1S/C29H46N4O11/c1-2-42-15-16-43-17-18-44-24-5-3-23(4-6-24)19-25(29(40)41)33-13-11-31(21-27(36)37)9-7-30(20-26(34)35)8-10-32(12-14-33)22-28(38)39/h3-6,25H,2,7-22H2,1H3,(H,34,35)(H,36,37)(H,38,39)(H,40,41)/t25-/m0/s1. The minimum Gasteiger partial charge on any atom is -0.491 e. The van der Waals surface area contributed by atoms with Gasteiger partial charge in [-0.15, -0.1) is 0 Å². The Balaban J connectivity index is 2.13. The Kier molecular flexibility index (Phi) is 17.2. The summed E-state index contributed by atoms with van der Waals surface area (Å²) in [7, 11) is 0. The van der Waals surface area contributed by atoms with Gasteiger partial charge in [0.1, 0.15) is 18.4 Å². The van der Waals surface area contributed by atoms with Crippen LogP contribution in [0.4, 0.5) is 0 Å². The van der Waals surface area contributed by atoms with Crippen molar-refractivity contribution in [3.63, 3.8) is 0 Å². The summed E-state index contributed by atoms with van der Waals surface area (Å²) in [5.41, 5.74) is 0.762. The molecule has 0 spiro atoms. The fourth-order valence-corrected chi connectivity index (χ4v) is 4.81. The first-order valence-electron chi connectivity index (χ1n) is 14.7. The lowest BCUT2D eigenvalue weighted by Crippen LogP contribution is -2.52. The fraction of sp³-hybridized carbons (Fsp3) is 0.655. The molecule has 1 fully saturated rings. The van der Waals surface area contributed by atoms with Crippen LogP contribution in [0.1, 0.15) is 12.5 Å². The molecule has 0 radical (unpaired) electrons. The van der Waals surface area contributed by atoms with Gasteiger partial charge in [0, 0.05) is 59.0 Å². The van der Waals surface area contributed by atoms with E-state index >= 15 is 0 Å². The second-order valence-corrected chi connectivity index (χ2v) is 10.4. The highest BCUT2D eigenvalue weighted by Gasteiger charge is 2.28. The molecule has 0 amide bonds. The van der Waals surface area contributed by atoms with Crippen LogP contribution in [0.2, 0.25) is 0 Å². The molecule has 0 aromatic heterocycles. The van der Waals surface area contributed by atoms with Gasteiger partial charge in [-0.05, 0) is 31.0 Å². The number of carboxylic acids is 4. The van der Waals surface area contributed by atoms with E-state index in [-0.39, 0.29) is 78.4 Å². The summed E-state index contributed by atoms with van der Waals surface area (Å²) in [4.78, 5) is 53.7. The van der Waals surface area contributed by atoms with E-state index in [2.05, 4.69) is 0 Å². The number of ether oxygens (including phenoxy) is 3. The Bertz CT molecular complexity index is 995. The molecule has 0 aliphatic carbocycles. The van der Waals surface area contributed by atoms with Crippen molar-refractivity contribution in [2.45, 2.75) is 19.4 Å². The van der Waals surface area contributed by atoms with E-state index in [1.165, 1.54) is 0 Å². The van der Waals surface area contributed by atoms with Gasteiger partial charge < -0.3 is 34.6 Å². The molecule has 2 rings (SSSR count). The molecular formula is C29H46N4O11. The van der Waals surface area contributed by atoms with Gasteiger partial charge in [0.25, 0.3) is 0 Å². The molecule has 15 nitrogen and oxygen atoms in total. The minimum atomic E-state index is -1.05. The second-order valence-electron chi connectivity index (χ2n) is 10.4. The lowest BCUT2D eigenvalue weighted by Gasteiger charge is -2.35. The number of carbonyl (C=O) groups is 4. The number of carboxylic acid groups (broad SMARTS) is 4. The number of aliphatic carboxylic acids is 4. The molecule has 1 aromatic rings. The maximum Gasteiger partial charge on any atom is 0.321 e. The number of rotatable bonds is 18. The van der Waals surface area contributed by atoms with Crippen LogP contribution in [0.15, 0.2) is 24.3 Å². The zero-order chi connectivity index (χ0) is 32.3. The predicted octanol–water partition coefficient (Wildman–Crippen LogP) is -0.410. The first-order valence-corrected chi connectivity index (χ1v) is 14.7. The summed E-state index contributed by atoms with van der Waals surface area (Å²) in [6.45, 7) is 5.40. The molecule has 4 N–H and O–H groups in total. The predicted molar refractivity (Wildman–Crippen MR) is 158 cm³/mol. The molecule has 1 aliphatic heterocycles. The summed E-state index contributed by atoms with van der Waals surface area (Å²) in [5.74, 6) is -3.57. The molecule has 1 aromatic carbocycles. The summed E-state index contributed by atoms with van der Waals surface area (Å²) in [6.07, 6.45) is 0.167. The number of hydrogen-bond acceptors (Lipinski definition) is 11. The molecule has 0 bridgehead atoms. The Labute approximate surface area is 257 Å². The van der Waals surface area contributed by atoms with E-state index in [0.717, 1.165) is 5.56 Å². The largest absolute Gasteiger partial charge is 0.491 e. The van der Waals surface area contributed by atoms with Gasteiger partial charge in [-0.25, -0.2) is 0 Å². The number of hydrogen-bond donors (Lipinski definition) is 4. The number of benzene rings is 1. The van der Waals surface area contributed by atoms with E-state index in [9.17, 15) is 39.6 Å². The molecule has 0 unspecified atom stereocenters. The van der Waals surface area contributed by atoms with Gasteiger partial charge >= 0.3 is 23.9 Å². The van der Waals surface area contributed by atoms with Gasteiger partial charge in [-0.2, -0.15) is 0 Å². The SMILES string of the molecule is CCOCCOCCOc1ccc(C[C@@H](C(=O)O)N2CCN(CC(=O)O)CCN(CC(=O)O)CCN(CC(=O)O)CC2)cc1. The van der Waals surface area contributed by atoms with Gasteiger partial charge in [0.15, 0.2) is 0 Å². The average Bonchev–Trinajstić information content (AvgIpc) is 2.95. The van der Waals surface area contributed by atoms with Crippen molar-refractivity contribution in [2.75, 3.05) is 105 Å². The van der Waals surface area contributed by atoms with Crippen LogP contribution < -0.4 is 4.74 Å². The normalized spacial score (nSPS) is 17.3. The third kappa shape index (κ3) is 15.4. The molecule has 15 heteroatoms. The lowest BCUT2D eigenvalue weighted by molar-refractivity contribution is -0.144. The maximum atomic E-state index is 12.5. The van der Waals surface area contributed by atoms with Gasteiger partial charge in [0.2, 0.25) is 0 Å². The molecule has 1 heterocycles. The first-order chi connectivity index (χ1) is 21.1. The highest BCUT2D eigenvalue weighted by molar-refractivity contribution is 5.74. The summed E-state index contributed by atoms with van der Waals surface area (Å²) < 4.78 is 16.3. The summed E-state index contributed by atoms with van der Waals surface area (Å²) in [5, 5.41) is 38.4. The molecule has 0 saturated carbocycles. The van der Waals surface area contributed by atoms with Gasteiger partial charge in [-0.1, -0.05) is 12.1 Å². The molecule has 44 heavy (non-hydrogen) atoms. The molecule has 248 valence electrons. The van der Waals surface area contributed by atoms with E-state index in [4.69, 9.17) is 14.2 Å². The van der Waals surface area contributed by atoms with Crippen molar-refractivity contribution < 1.29 is 53.8 Å². The van der Waals surface area contributed by atoms with E-state index < -0.39 is 29.9 Å². The van der Waals surface area contributed by atoms with Crippen LogP contribution in [0.25, 0.3) is 0 Å². The molecule has 1 aliphatic rings. The average molecular weight is 627 g/mol. The molecule has 1 saturated heterocycles. The van der Waals surface area contributed by atoms with Crippen molar-refractivity contribution >= 4 is 23.9 Å². The Morgan fingerprint density at radius 2 is 1.09 bits per heavy atom. The zero-order valence-corrected chi connectivity index (χ0v) is 25.3. The van der Waals surface area contributed by atoms with Crippen LogP contribution in [0, 0.1) is 0 Å². The second kappa shape index (κ2) is 20.6. The maximum absolute atomic E-state index is 12.5. The Morgan fingerprint density at radius 1 is 0.659 bits per heavy atom. The Morgan fingerprint density at radius 3 is 1.52 bits per heavy atom. The topological polar surface area (TPSA) is 190 Å². The van der Waals surface area contributed by atoms with Crippen LogP contribution in [-0.4, -0.2) is 175 Å². The monoisotopic (exact) mass is 626 g/mol. The van der Waals surface area contributed by atoms with Crippen molar-refractivity contribution in [1.82, 2.24) is 19.6 Å². The van der Waals surface area contributed by atoms with Gasteiger partial charge in [0.05, 0.1) is 39.5 Å². The van der Waals surface area contributed by atoms with Crippen molar-refractivity contribution in [1.29, 1.82) is 0 Å². The van der Waals surface area contributed by atoms with Crippen LogP contribution in [0.3, 0.4) is 0 Å². The van der Waals surface area contributed by atoms with Gasteiger partial charge in [-0.3, -0.25) is 38.8 Å². The van der Waals surface area contributed by atoms with Crippen LogP contribution >= 0.6 is 0 Å². The highest BCUT2D eigenvalue weighted by atomic mass is 16.5. The van der Waals surface area contributed by atoms with Crippen LogP contribution in [0.5, 0.6) is 5.75 Å². The lowest BCUT2D eigenvalue weighted by atomic mass is 10.0. The van der Waals surface area contributed by atoms with Crippen molar-refractivity contribution in [2.24, 2.45) is 0 Å². The third-order valence-corrected chi connectivity index (χ3v) is 7.10. The van der Waals surface area contributed by atoms with E-state index in [1.807, 2.05) is 6.92 Å². The summed E-state index contributed by atoms with van der Waals surface area (Å²) >= 11 is 0. The zero-order valence-electron chi connectivity index (χ0n) is 25.3. The molecule has 1 atom stereocenters. The van der Waals surface area contributed by atoms with Crippen molar-refractivity contribution in [3.8, 4) is 5.75 Å². The highest BCUT2D eigenvalue weighted by Crippen LogP contribution is 2.16. The number of nitrogens with zero attached hydrogens (tertiary/aromatic N) is 4. The first kappa shape index (κ1) is 36.8. The van der Waals surface area contributed by atoms with Crippen molar-refractivity contribution in [3.05, 3.63) is 29.8 Å². The smallest absolute Gasteiger partial charge is 0.321 e. The van der Waals surface area contributed by atoms with Crippen LogP contribution in [-0.2, 0) is 35.1 Å².